The number of anilines is 1. The molecule has 20 heavy (non-hydrogen) atoms. The van der Waals surface area contributed by atoms with Gasteiger partial charge >= 0.3 is 5.97 Å². The molecule has 1 saturated heterocycles. The van der Waals surface area contributed by atoms with Gasteiger partial charge < -0.3 is 10.0 Å². The summed E-state index contributed by atoms with van der Waals surface area (Å²) >= 11 is 0. The highest BCUT2D eigenvalue weighted by molar-refractivity contribution is 5.96. The Bertz CT molecular complexity index is 682. The summed E-state index contributed by atoms with van der Waals surface area (Å²) in [6.45, 7) is 6.43. The lowest BCUT2D eigenvalue weighted by Gasteiger charge is -2.21. The molecule has 0 atom stereocenters. The SMILES string of the molecule is CC1(C)CCN(c2ncnc3cc(C(=O)O)ccc23)C1. The van der Waals surface area contributed by atoms with Gasteiger partial charge in [0.25, 0.3) is 0 Å². The molecule has 104 valence electrons. The van der Waals surface area contributed by atoms with Crippen LogP contribution in [-0.4, -0.2) is 34.1 Å². The van der Waals surface area contributed by atoms with Crippen molar-refractivity contribution in [1.29, 1.82) is 0 Å². The Morgan fingerprint density at radius 1 is 1.35 bits per heavy atom. The second kappa shape index (κ2) is 4.44. The zero-order valence-corrected chi connectivity index (χ0v) is 11.6. The quantitative estimate of drug-likeness (QED) is 0.909. The minimum atomic E-state index is -0.936. The van der Waals surface area contributed by atoms with Crippen LogP contribution in [0.4, 0.5) is 5.82 Å². The lowest BCUT2D eigenvalue weighted by molar-refractivity contribution is 0.0697. The number of aromatic nitrogens is 2. The van der Waals surface area contributed by atoms with E-state index >= 15 is 0 Å². The summed E-state index contributed by atoms with van der Waals surface area (Å²) in [5.41, 5.74) is 1.22. The summed E-state index contributed by atoms with van der Waals surface area (Å²) < 4.78 is 0. The van der Waals surface area contributed by atoms with E-state index in [-0.39, 0.29) is 11.0 Å². The van der Waals surface area contributed by atoms with Crippen molar-refractivity contribution in [1.82, 2.24) is 9.97 Å². The minimum absolute atomic E-state index is 0.254. The fraction of sp³-hybridized carbons (Fsp3) is 0.400. The lowest BCUT2D eigenvalue weighted by atomic mass is 9.93. The van der Waals surface area contributed by atoms with E-state index < -0.39 is 5.97 Å². The molecule has 0 saturated carbocycles. The third-order valence-corrected chi connectivity index (χ3v) is 3.84. The number of aromatic carboxylic acids is 1. The maximum absolute atomic E-state index is 11.0. The van der Waals surface area contributed by atoms with Crippen molar-refractivity contribution >= 4 is 22.7 Å². The van der Waals surface area contributed by atoms with E-state index in [1.807, 2.05) is 0 Å². The Morgan fingerprint density at radius 2 is 2.15 bits per heavy atom. The monoisotopic (exact) mass is 271 g/mol. The molecule has 1 aliphatic rings. The smallest absolute Gasteiger partial charge is 0.335 e. The maximum atomic E-state index is 11.0. The number of carboxylic acid groups (broad SMARTS) is 1. The van der Waals surface area contributed by atoms with E-state index in [0.717, 1.165) is 30.7 Å². The van der Waals surface area contributed by atoms with Crippen molar-refractivity contribution < 1.29 is 9.90 Å². The lowest BCUT2D eigenvalue weighted by Crippen LogP contribution is -2.23. The molecule has 5 heteroatoms. The number of nitrogens with zero attached hydrogens (tertiary/aromatic N) is 3. The molecule has 2 aromatic rings. The van der Waals surface area contributed by atoms with Crippen molar-refractivity contribution in [3.63, 3.8) is 0 Å². The van der Waals surface area contributed by atoms with Crippen molar-refractivity contribution in [3.05, 3.63) is 30.1 Å². The number of carbonyl (C=O) groups is 1. The molecule has 1 aromatic heterocycles. The van der Waals surface area contributed by atoms with E-state index in [9.17, 15) is 4.79 Å². The molecule has 0 unspecified atom stereocenters. The van der Waals surface area contributed by atoms with Crippen molar-refractivity contribution in [2.24, 2.45) is 5.41 Å². The first-order valence-corrected chi connectivity index (χ1v) is 6.69. The van der Waals surface area contributed by atoms with Gasteiger partial charge in [0.2, 0.25) is 0 Å². The van der Waals surface area contributed by atoms with Crippen LogP contribution in [0.1, 0.15) is 30.6 Å². The summed E-state index contributed by atoms with van der Waals surface area (Å²) in [4.78, 5) is 21.9. The highest BCUT2D eigenvalue weighted by Gasteiger charge is 2.30. The van der Waals surface area contributed by atoms with Crippen LogP contribution < -0.4 is 4.90 Å². The zero-order valence-electron chi connectivity index (χ0n) is 11.6. The Balaban J connectivity index is 2.06. The van der Waals surface area contributed by atoms with Gasteiger partial charge in [0.05, 0.1) is 11.1 Å². The highest BCUT2D eigenvalue weighted by atomic mass is 16.4. The molecule has 0 aliphatic carbocycles. The Morgan fingerprint density at radius 3 is 2.80 bits per heavy atom. The Hall–Kier alpha value is -2.17. The van der Waals surface area contributed by atoms with E-state index in [1.165, 1.54) is 6.33 Å². The number of carboxylic acids is 1. The fourth-order valence-corrected chi connectivity index (χ4v) is 2.72. The van der Waals surface area contributed by atoms with Gasteiger partial charge in [-0.3, -0.25) is 0 Å². The largest absolute Gasteiger partial charge is 0.478 e. The molecule has 0 amide bonds. The molecule has 3 rings (SSSR count). The predicted molar refractivity (Wildman–Crippen MR) is 77.1 cm³/mol. The molecule has 5 nitrogen and oxygen atoms in total. The molecule has 0 bridgehead atoms. The van der Waals surface area contributed by atoms with Gasteiger partial charge in [-0.15, -0.1) is 0 Å². The maximum Gasteiger partial charge on any atom is 0.335 e. The van der Waals surface area contributed by atoms with Gasteiger partial charge in [-0.05, 0) is 30.0 Å². The van der Waals surface area contributed by atoms with Crippen molar-refractivity contribution in [2.45, 2.75) is 20.3 Å². The van der Waals surface area contributed by atoms with E-state index in [4.69, 9.17) is 5.11 Å². The van der Waals surface area contributed by atoms with E-state index in [0.29, 0.717) is 5.52 Å². The third-order valence-electron chi connectivity index (χ3n) is 3.84. The summed E-state index contributed by atoms with van der Waals surface area (Å²) in [5.74, 6) is -0.0353. The van der Waals surface area contributed by atoms with Crippen molar-refractivity contribution in [3.8, 4) is 0 Å². The number of hydrogen-bond acceptors (Lipinski definition) is 4. The first-order chi connectivity index (χ1) is 9.46. The van der Waals surface area contributed by atoms with Crippen LogP contribution >= 0.6 is 0 Å². The number of benzene rings is 1. The molecular formula is C15H17N3O2. The van der Waals surface area contributed by atoms with E-state index in [1.54, 1.807) is 18.2 Å². The normalized spacial score (nSPS) is 17.6. The first kappa shape index (κ1) is 12.8. The van der Waals surface area contributed by atoms with Crippen LogP contribution in [0.2, 0.25) is 0 Å². The van der Waals surface area contributed by atoms with Gasteiger partial charge in [0.1, 0.15) is 12.1 Å². The Kier molecular flexibility index (Phi) is 2.85. The second-order valence-electron chi connectivity index (χ2n) is 6.07. The van der Waals surface area contributed by atoms with Crippen LogP contribution in [0.5, 0.6) is 0 Å². The van der Waals surface area contributed by atoms with Crippen molar-refractivity contribution in [2.75, 3.05) is 18.0 Å². The second-order valence-corrected chi connectivity index (χ2v) is 6.07. The molecule has 0 spiro atoms. The summed E-state index contributed by atoms with van der Waals surface area (Å²) in [5, 5.41) is 9.95. The van der Waals surface area contributed by atoms with Gasteiger partial charge in [-0.2, -0.15) is 0 Å². The summed E-state index contributed by atoms with van der Waals surface area (Å²) in [6.07, 6.45) is 2.64. The zero-order chi connectivity index (χ0) is 14.3. The number of hydrogen-bond donors (Lipinski definition) is 1. The third kappa shape index (κ3) is 2.19. The predicted octanol–water partition coefficient (Wildman–Crippen LogP) is 2.56. The fourth-order valence-electron chi connectivity index (χ4n) is 2.72. The van der Waals surface area contributed by atoms with Gasteiger partial charge in [0, 0.05) is 18.5 Å². The van der Waals surface area contributed by atoms with Crippen LogP contribution in [0.15, 0.2) is 24.5 Å². The molecule has 1 N–H and O–H groups in total. The standard InChI is InChI=1S/C15H17N3O2/c1-15(2)5-6-18(8-15)13-11-4-3-10(14(19)20)7-12(11)16-9-17-13/h3-4,7,9H,5-6,8H2,1-2H3,(H,19,20). The van der Waals surface area contributed by atoms with Crippen LogP contribution in [0.25, 0.3) is 10.9 Å². The first-order valence-electron chi connectivity index (χ1n) is 6.69. The van der Waals surface area contributed by atoms with Gasteiger partial charge in [-0.25, -0.2) is 14.8 Å². The molecule has 1 fully saturated rings. The molecule has 0 radical (unpaired) electrons. The summed E-state index contributed by atoms with van der Waals surface area (Å²) in [6, 6.07) is 5.02. The van der Waals surface area contributed by atoms with Crippen LogP contribution in [0.3, 0.4) is 0 Å². The van der Waals surface area contributed by atoms with E-state index in [2.05, 4.69) is 28.7 Å². The van der Waals surface area contributed by atoms with Gasteiger partial charge in [-0.1, -0.05) is 13.8 Å². The van der Waals surface area contributed by atoms with Gasteiger partial charge in [0.15, 0.2) is 0 Å². The average molecular weight is 271 g/mol. The number of rotatable bonds is 2. The molecule has 1 aromatic carbocycles. The topological polar surface area (TPSA) is 66.3 Å². The molecule has 1 aliphatic heterocycles. The summed E-state index contributed by atoms with van der Waals surface area (Å²) in [7, 11) is 0. The molecular weight excluding hydrogens is 254 g/mol. The Labute approximate surface area is 117 Å². The van der Waals surface area contributed by atoms with Crippen LogP contribution in [0, 0.1) is 5.41 Å². The highest BCUT2D eigenvalue weighted by Crippen LogP contribution is 2.34. The molecule has 2 heterocycles. The number of fused-ring (bicyclic) bond motifs is 1. The average Bonchev–Trinajstić information content (AvgIpc) is 2.77. The van der Waals surface area contributed by atoms with Crippen LogP contribution in [-0.2, 0) is 0 Å². The minimum Gasteiger partial charge on any atom is -0.478 e.